The number of piperidine rings is 1. The maximum absolute atomic E-state index is 12.3. The van der Waals surface area contributed by atoms with E-state index in [1.165, 1.54) is 0 Å². The summed E-state index contributed by atoms with van der Waals surface area (Å²) in [7, 11) is -1.17. The van der Waals surface area contributed by atoms with E-state index in [4.69, 9.17) is 0 Å². The molecule has 2 aliphatic heterocycles. The van der Waals surface area contributed by atoms with E-state index in [0.29, 0.717) is 24.7 Å². The van der Waals surface area contributed by atoms with Gasteiger partial charge in [-0.25, -0.2) is 8.42 Å². The van der Waals surface area contributed by atoms with E-state index in [1.54, 1.807) is 11.9 Å². The number of rotatable bonds is 4. The van der Waals surface area contributed by atoms with Gasteiger partial charge in [0.1, 0.15) is 0 Å². The quantitative estimate of drug-likeness (QED) is 0.833. The van der Waals surface area contributed by atoms with Gasteiger partial charge in [-0.3, -0.25) is 4.79 Å². The fourth-order valence-electron chi connectivity index (χ4n) is 3.28. The van der Waals surface area contributed by atoms with Crippen LogP contribution in [0.15, 0.2) is 0 Å². The first-order chi connectivity index (χ1) is 9.39. The average molecular weight is 339 g/mol. The fourth-order valence-corrected chi connectivity index (χ4v) is 5.06. The molecule has 0 saturated carbocycles. The minimum atomic E-state index is -2.93. The van der Waals surface area contributed by atoms with Crippen molar-refractivity contribution in [1.29, 1.82) is 0 Å². The van der Waals surface area contributed by atoms with Crippen molar-refractivity contribution in [2.24, 2.45) is 11.8 Å². The summed E-state index contributed by atoms with van der Waals surface area (Å²) in [5.41, 5.74) is 0. The summed E-state index contributed by atoms with van der Waals surface area (Å²) in [6.45, 7) is 4.23. The Bertz CT molecular complexity index is 449. The SMILES string of the molecule is CC(CC(=O)N(C)C1CCS(=O)(=O)C1)C1CCNCC1.Cl. The molecule has 0 bridgehead atoms. The standard InChI is InChI=1S/C14H26N2O3S.ClH/c1-11(12-3-6-15-7-4-12)9-14(17)16(2)13-5-8-20(18,19)10-13;/h11-13,15H,3-10H2,1-2H3;1H. The number of carbonyl (C=O) groups is 1. The Kier molecular flexibility index (Phi) is 6.94. The highest BCUT2D eigenvalue weighted by Crippen LogP contribution is 2.26. The molecule has 0 aromatic carbocycles. The number of hydrogen-bond acceptors (Lipinski definition) is 4. The lowest BCUT2D eigenvalue weighted by atomic mass is 9.84. The van der Waals surface area contributed by atoms with Crippen molar-refractivity contribution in [1.82, 2.24) is 10.2 Å². The minimum absolute atomic E-state index is 0. The maximum atomic E-state index is 12.3. The highest BCUT2D eigenvalue weighted by molar-refractivity contribution is 7.91. The molecule has 1 N–H and O–H groups in total. The lowest BCUT2D eigenvalue weighted by Crippen LogP contribution is -2.39. The number of carbonyl (C=O) groups excluding carboxylic acids is 1. The molecule has 0 radical (unpaired) electrons. The van der Waals surface area contributed by atoms with Crippen molar-refractivity contribution in [3.8, 4) is 0 Å². The zero-order valence-electron chi connectivity index (χ0n) is 12.9. The molecule has 2 atom stereocenters. The van der Waals surface area contributed by atoms with Crippen LogP contribution < -0.4 is 5.32 Å². The molecule has 0 aromatic rings. The molecule has 2 unspecified atom stereocenters. The van der Waals surface area contributed by atoms with Gasteiger partial charge in [-0.2, -0.15) is 0 Å². The molecule has 2 fully saturated rings. The normalized spacial score (nSPS) is 26.9. The predicted molar refractivity (Wildman–Crippen MR) is 86.5 cm³/mol. The summed E-state index contributed by atoms with van der Waals surface area (Å²) >= 11 is 0. The van der Waals surface area contributed by atoms with Gasteiger partial charge in [0.25, 0.3) is 0 Å². The number of amides is 1. The largest absolute Gasteiger partial charge is 0.342 e. The molecule has 2 heterocycles. The monoisotopic (exact) mass is 338 g/mol. The summed E-state index contributed by atoms with van der Waals surface area (Å²) < 4.78 is 23.0. The van der Waals surface area contributed by atoms with Crippen molar-refractivity contribution in [3.05, 3.63) is 0 Å². The Morgan fingerprint density at radius 1 is 1.29 bits per heavy atom. The van der Waals surface area contributed by atoms with E-state index in [9.17, 15) is 13.2 Å². The molecule has 2 saturated heterocycles. The van der Waals surface area contributed by atoms with E-state index in [0.717, 1.165) is 25.9 Å². The first-order valence-electron chi connectivity index (χ1n) is 7.56. The van der Waals surface area contributed by atoms with E-state index < -0.39 is 9.84 Å². The first kappa shape index (κ1) is 18.7. The van der Waals surface area contributed by atoms with Crippen molar-refractivity contribution in [2.75, 3.05) is 31.6 Å². The topological polar surface area (TPSA) is 66.5 Å². The molecular weight excluding hydrogens is 312 g/mol. The van der Waals surface area contributed by atoms with Crippen LogP contribution in [0.1, 0.15) is 32.6 Å². The van der Waals surface area contributed by atoms with Gasteiger partial charge in [0.2, 0.25) is 5.91 Å². The van der Waals surface area contributed by atoms with Crippen LogP contribution in [0.25, 0.3) is 0 Å². The predicted octanol–water partition coefficient (Wildman–Crippen LogP) is 1.08. The van der Waals surface area contributed by atoms with Crippen LogP contribution in [0.3, 0.4) is 0 Å². The van der Waals surface area contributed by atoms with Crippen LogP contribution in [-0.2, 0) is 14.6 Å². The third-order valence-electron chi connectivity index (χ3n) is 4.83. The third kappa shape index (κ3) is 5.11. The molecule has 5 nitrogen and oxygen atoms in total. The second kappa shape index (κ2) is 7.79. The Hall–Kier alpha value is -0.330. The lowest BCUT2D eigenvalue weighted by molar-refractivity contribution is -0.132. The molecule has 1 amide bonds. The van der Waals surface area contributed by atoms with Gasteiger partial charge in [0.05, 0.1) is 11.5 Å². The lowest BCUT2D eigenvalue weighted by Gasteiger charge is -2.30. The molecule has 7 heteroatoms. The van der Waals surface area contributed by atoms with Crippen molar-refractivity contribution >= 4 is 28.2 Å². The van der Waals surface area contributed by atoms with Crippen LogP contribution in [0, 0.1) is 11.8 Å². The second-order valence-corrected chi connectivity index (χ2v) is 8.56. The number of nitrogens with one attached hydrogen (secondary N) is 1. The van der Waals surface area contributed by atoms with Gasteiger partial charge in [-0.05, 0) is 44.2 Å². The average Bonchev–Trinajstić information content (AvgIpc) is 2.79. The molecule has 0 spiro atoms. The summed E-state index contributed by atoms with van der Waals surface area (Å²) in [6.07, 6.45) is 3.40. The van der Waals surface area contributed by atoms with Crippen LogP contribution in [-0.4, -0.2) is 56.9 Å². The Morgan fingerprint density at radius 2 is 1.90 bits per heavy atom. The zero-order chi connectivity index (χ0) is 14.8. The highest BCUT2D eigenvalue weighted by atomic mass is 35.5. The smallest absolute Gasteiger partial charge is 0.222 e. The Labute approximate surface area is 134 Å². The van der Waals surface area contributed by atoms with E-state index in [-0.39, 0.29) is 35.9 Å². The highest BCUT2D eigenvalue weighted by Gasteiger charge is 2.33. The number of nitrogens with zero attached hydrogens (tertiary/aromatic N) is 1. The summed E-state index contributed by atoms with van der Waals surface area (Å²) in [6, 6.07) is -0.118. The van der Waals surface area contributed by atoms with Crippen molar-refractivity contribution < 1.29 is 13.2 Å². The zero-order valence-corrected chi connectivity index (χ0v) is 14.5. The van der Waals surface area contributed by atoms with Gasteiger partial charge in [0, 0.05) is 19.5 Å². The molecular formula is C14H27ClN2O3S. The van der Waals surface area contributed by atoms with Crippen molar-refractivity contribution in [2.45, 2.75) is 38.6 Å². The molecule has 2 aliphatic rings. The molecule has 2 rings (SSSR count). The number of halogens is 1. The van der Waals surface area contributed by atoms with Crippen LogP contribution >= 0.6 is 12.4 Å². The van der Waals surface area contributed by atoms with Crippen LogP contribution in [0.4, 0.5) is 0 Å². The van der Waals surface area contributed by atoms with E-state index in [2.05, 4.69) is 12.2 Å². The molecule has 0 aliphatic carbocycles. The second-order valence-electron chi connectivity index (χ2n) is 6.33. The molecule has 124 valence electrons. The van der Waals surface area contributed by atoms with Gasteiger partial charge in [0.15, 0.2) is 9.84 Å². The number of sulfone groups is 1. The third-order valence-corrected chi connectivity index (χ3v) is 6.59. The van der Waals surface area contributed by atoms with E-state index >= 15 is 0 Å². The summed E-state index contributed by atoms with van der Waals surface area (Å²) in [4.78, 5) is 14.0. The van der Waals surface area contributed by atoms with E-state index in [1.807, 2.05) is 0 Å². The van der Waals surface area contributed by atoms with Gasteiger partial charge in [-0.15, -0.1) is 12.4 Å². The molecule has 0 aromatic heterocycles. The van der Waals surface area contributed by atoms with Gasteiger partial charge < -0.3 is 10.2 Å². The van der Waals surface area contributed by atoms with Crippen LogP contribution in [0.2, 0.25) is 0 Å². The molecule has 21 heavy (non-hydrogen) atoms. The van der Waals surface area contributed by atoms with Crippen LogP contribution in [0.5, 0.6) is 0 Å². The minimum Gasteiger partial charge on any atom is -0.342 e. The summed E-state index contributed by atoms with van der Waals surface area (Å²) in [5, 5.41) is 3.34. The summed E-state index contributed by atoms with van der Waals surface area (Å²) in [5.74, 6) is 1.44. The first-order valence-corrected chi connectivity index (χ1v) is 9.38. The van der Waals surface area contributed by atoms with Crippen molar-refractivity contribution in [3.63, 3.8) is 0 Å². The van der Waals surface area contributed by atoms with Gasteiger partial charge >= 0.3 is 0 Å². The Morgan fingerprint density at radius 3 is 2.43 bits per heavy atom. The number of hydrogen-bond donors (Lipinski definition) is 1. The maximum Gasteiger partial charge on any atom is 0.222 e. The Balaban J connectivity index is 0.00000220. The van der Waals surface area contributed by atoms with Gasteiger partial charge in [-0.1, -0.05) is 6.92 Å². The fraction of sp³-hybridized carbons (Fsp3) is 0.929.